The first kappa shape index (κ1) is 13.3. The van der Waals surface area contributed by atoms with Crippen LogP contribution in [0.15, 0.2) is 0 Å². The zero-order valence-electron chi connectivity index (χ0n) is 6.29. The van der Waals surface area contributed by atoms with Gasteiger partial charge in [-0.3, -0.25) is 4.79 Å². The minimum Gasteiger partial charge on any atom is -1.00 e. The number of nitrogens with two attached hydrogens (primary N) is 2. The van der Waals surface area contributed by atoms with E-state index in [4.69, 9.17) is 16.6 Å². The van der Waals surface area contributed by atoms with Crippen molar-refractivity contribution in [1.29, 1.82) is 0 Å². The van der Waals surface area contributed by atoms with E-state index in [1.807, 2.05) is 0 Å². The zero-order valence-corrected chi connectivity index (χ0v) is 7.05. The quantitative estimate of drug-likeness (QED) is 0.385. The van der Waals surface area contributed by atoms with Gasteiger partial charge in [0, 0.05) is 0 Å². The lowest BCUT2D eigenvalue weighted by Gasteiger charge is -2.03. The Morgan fingerprint density at radius 3 is 2.36 bits per heavy atom. The Hall–Kier alpha value is -0.320. The molecular formula is C6H14ClN2O2-. The van der Waals surface area contributed by atoms with Crippen LogP contribution in [0.4, 0.5) is 0 Å². The standard InChI is InChI=1S/C6H14N2O2.ClH/c7-4-2-1-3-5(8)6(9)10;/h5H,1-4,7-8H2,(H,9,10);1H/p-1. The highest BCUT2D eigenvalue weighted by Gasteiger charge is 2.09. The van der Waals surface area contributed by atoms with E-state index in [2.05, 4.69) is 0 Å². The van der Waals surface area contributed by atoms with Crippen molar-refractivity contribution in [2.75, 3.05) is 6.54 Å². The summed E-state index contributed by atoms with van der Waals surface area (Å²) in [6.45, 7) is 0.604. The van der Waals surface area contributed by atoms with Gasteiger partial charge in [0.25, 0.3) is 0 Å². The minimum absolute atomic E-state index is 0. The van der Waals surface area contributed by atoms with Gasteiger partial charge >= 0.3 is 5.97 Å². The molecule has 0 saturated carbocycles. The molecule has 5 N–H and O–H groups in total. The molecule has 1 atom stereocenters. The van der Waals surface area contributed by atoms with Gasteiger partial charge in [-0.25, -0.2) is 0 Å². The number of hydrogen-bond acceptors (Lipinski definition) is 3. The number of carbonyl (C=O) groups is 1. The Labute approximate surface area is 72.4 Å². The van der Waals surface area contributed by atoms with Crippen LogP contribution < -0.4 is 23.9 Å². The second kappa shape index (κ2) is 7.78. The van der Waals surface area contributed by atoms with E-state index in [1.165, 1.54) is 0 Å². The highest BCUT2D eigenvalue weighted by molar-refractivity contribution is 5.72. The molecule has 1 unspecified atom stereocenters. The fourth-order valence-corrected chi connectivity index (χ4v) is 0.632. The molecule has 0 amide bonds. The van der Waals surface area contributed by atoms with E-state index in [1.54, 1.807) is 0 Å². The molecule has 0 rings (SSSR count). The number of carboxylic acids is 1. The highest BCUT2D eigenvalue weighted by Crippen LogP contribution is 1.96. The van der Waals surface area contributed by atoms with Crippen LogP contribution >= 0.6 is 0 Å². The Balaban J connectivity index is 0. The Morgan fingerprint density at radius 2 is 2.00 bits per heavy atom. The summed E-state index contributed by atoms with van der Waals surface area (Å²) in [5.41, 5.74) is 10.4. The largest absolute Gasteiger partial charge is 1.00 e. The van der Waals surface area contributed by atoms with Crippen LogP contribution in [0.2, 0.25) is 0 Å². The van der Waals surface area contributed by atoms with Crippen molar-refractivity contribution in [3.63, 3.8) is 0 Å². The molecule has 0 radical (unpaired) electrons. The number of unbranched alkanes of at least 4 members (excludes halogenated alkanes) is 1. The van der Waals surface area contributed by atoms with Gasteiger partial charge in [0.2, 0.25) is 0 Å². The summed E-state index contributed by atoms with van der Waals surface area (Å²) in [4.78, 5) is 10.1. The van der Waals surface area contributed by atoms with Crippen LogP contribution in [0.3, 0.4) is 0 Å². The first-order chi connectivity index (χ1) is 4.68. The molecule has 0 aromatic heterocycles. The van der Waals surface area contributed by atoms with Crippen molar-refractivity contribution in [3.8, 4) is 0 Å². The molecule has 0 aliphatic heterocycles. The van der Waals surface area contributed by atoms with E-state index >= 15 is 0 Å². The third-order valence-corrected chi connectivity index (χ3v) is 1.29. The number of hydrogen-bond donors (Lipinski definition) is 3. The normalized spacial score (nSPS) is 11.8. The van der Waals surface area contributed by atoms with Crippen LogP contribution in [0.1, 0.15) is 19.3 Å². The number of rotatable bonds is 5. The highest BCUT2D eigenvalue weighted by atomic mass is 35.5. The summed E-state index contributed by atoms with van der Waals surface area (Å²) in [6, 6.07) is -0.716. The lowest BCUT2D eigenvalue weighted by molar-refractivity contribution is -0.138. The van der Waals surface area contributed by atoms with Gasteiger partial charge < -0.3 is 29.0 Å². The van der Waals surface area contributed by atoms with E-state index in [9.17, 15) is 4.79 Å². The molecule has 5 heteroatoms. The first-order valence-corrected chi connectivity index (χ1v) is 3.37. The minimum atomic E-state index is -0.933. The molecule has 0 spiro atoms. The lowest BCUT2D eigenvalue weighted by atomic mass is 10.1. The van der Waals surface area contributed by atoms with E-state index in [0.717, 1.165) is 12.8 Å². The Kier molecular flexibility index (Phi) is 9.40. The maximum absolute atomic E-state index is 10.1. The molecule has 0 aliphatic carbocycles. The van der Waals surface area contributed by atoms with Crippen molar-refractivity contribution in [2.45, 2.75) is 25.3 Å². The van der Waals surface area contributed by atoms with Crippen molar-refractivity contribution in [3.05, 3.63) is 0 Å². The van der Waals surface area contributed by atoms with Crippen LogP contribution in [0.25, 0.3) is 0 Å². The Morgan fingerprint density at radius 1 is 1.45 bits per heavy atom. The second-order valence-electron chi connectivity index (χ2n) is 2.23. The van der Waals surface area contributed by atoms with Gasteiger partial charge in [-0.15, -0.1) is 0 Å². The van der Waals surface area contributed by atoms with Crippen LogP contribution in [0.5, 0.6) is 0 Å². The molecule has 0 saturated heterocycles. The smallest absolute Gasteiger partial charge is 0.320 e. The van der Waals surface area contributed by atoms with E-state index in [-0.39, 0.29) is 12.4 Å². The van der Waals surface area contributed by atoms with Crippen molar-refractivity contribution < 1.29 is 22.3 Å². The summed E-state index contributed by atoms with van der Waals surface area (Å²) < 4.78 is 0. The molecule has 4 nitrogen and oxygen atoms in total. The Bertz CT molecular complexity index is 111. The van der Waals surface area contributed by atoms with Gasteiger partial charge in [0.15, 0.2) is 0 Å². The average Bonchev–Trinajstić information content (AvgIpc) is 1.88. The number of aliphatic carboxylic acids is 1. The molecule has 0 bridgehead atoms. The predicted molar refractivity (Wildman–Crippen MR) is 38.5 cm³/mol. The summed E-state index contributed by atoms with van der Waals surface area (Å²) in [6.07, 6.45) is 2.16. The molecule has 0 aromatic carbocycles. The van der Waals surface area contributed by atoms with Crippen molar-refractivity contribution in [2.24, 2.45) is 11.5 Å². The summed E-state index contributed by atoms with van der Waals surface area (Å²) in [5, 5.41) is 8.33. The fraction of sp³-hybridized carbons (Fsp3) is 0.833. The summed E-state index contributed by atoms with van der Waals surface area (Å²) in [5.74, 6) is -0.933. The van der Waals surface area contributed by atoms with Gasteiger partial charge in [0.05, 0.1) is 0 Å². The third kappa shape index (κ3) is 7.58. The van der Waals surface area contributed by atoms with Crippen LogP contribution in [-0.2, 0) is 4.79 Å². The monoisotopic (exact) mass is 181 g/mol. The van der Waals surface area contributed by atoms with Gasteiger partial charge in [-0.05, 0) is 19.4 Å². The fourth-order valence-electron chi connectivity index (χ4n) is 0.632. The zero-order chi connectivity index (χ0) is 7.98. The molecule has 0 aliphatic rings. The van der Waals surface area contributed by atoms with Gasteiger partial charge in [-0.1, -0.05) is 6.42 Å². The number of carboxylic acid groups (broad SMARTS) is 1. The molecule has 11 heavy (non-hydrogen) atoms. The maximum Gasteiger partial charge on any atom is 0.320 e. The molecule has 0 fully saturated rings. The van der Waals surface area contributed by atoms with Gasteiger partial charge in [-0.2, -0.15) is 0 Å². The van der Waals surface area contributed by atoms with E-state index in [0.29, 0.717) is 13.0 Å². The van der Waals surface area contributed by atoms with Crippen molar-refractivity contribution in [1.82, 2.24) is 0 Å². The summed E-state index contributed by atoms with van der Waals surface area (Å²) >= 11 is 0. The van der Waals surface area contributed by atoms with E-state index < -0.39 is 12.0 Å². The first-order valence-electron chi connectivity index (χ1n) is 3.37. The summed E-state index contributed by atoms with van der Waals surface area (Å²) in [7, 11) is 0. The predicted octanol–water partition coefficient (Wildman–Crippen LogP) is -3.47. The lowest BCUT2D eigenvalue weighted by Crippen LogP contribution is -3.00. The molecule has 68 valence electrons. The van der Waals surface area contributed by atoms with Gasteiger partial charge in [0.1, 0.15) is 6.04 Å². The maximum atomic E-state index is 10.1. The molecule has 0 heterocycles. The van der Waals surface area contributed by atoms with Crippen molar-refractivity contribution >= 4 is 5.97 Å². The molecule has 0 aromatic rings. The molecular weight excluding hydrogens is 168 g/mol. The SMILES string of the molecule is NCCCCC(N)C(=O)O.[Cl-]. The van der Waals surface area contributed by atoms with Crippen LogP contribution in [-0.4, -0.2) is 23.7 Å². The number of halogens is 1. The average molecular weight is 182 g/mol. The second-order valence-corrected chi connectivity index (χ2v) is 2.23. The third-order valence-electron chi connectivity index (χ3n) is 1.29. The van der Waals surface area contributed by atoms with Crippen LogP contribution in [0, 0.1) is 0 Å². The topological polar surface area (TPSA) is 89.3 Å².